The van der Waals surface area contributed by atoms with E-state index in [0.717, 1.165) is 23.2 Å². The monoisotopic (exact) mass is 471 g/mol. The van der Waals surface area contributed by atoms with Crippen LogP contribution in [0.1, 0.15) is 11.5 Å². The Morgan fingerprint density at radius 3 is 2.62 bits per heavy atom. The zero-order valence-corrected chi connectivity index (χ0v) is 17.9. The molecule has 0 N–H and O–H groups in total. The van der Waals surface area contributed by atoms with E-state index in [4.69, 9.17) is 4.52 Å². The maximum absolute atomic E-state index is 13.0. The highest BCUT2D eigenvalue weighted by Gasteiger charge is 2.31. The predicted octanol–water partition coefficient (Wildman–Crippen LogP) is 2.84. The fourth-order valence-corrected chi connectivity index (χ4v) is 3.88. The molecule has 1 aliphatic heterocycles. The van der Waals surface area contributed by atoms with Crippen molar-refractivity contribution in [2.75, 3.05) is 26.2 Å². The first kappa shape index (κ1) is 22.0. The molecule has 176 valence electrons. The van der Waals surface area contributed by atoms with Gasteiger partial charge in [0.25, 0.3) is 0 Å². The van der Waals surface area contributed by atoms with Crippen molar-refractivity contribution in [2.24, 2.45) is 0 Å². The van der Waals surface area contributed by atoms with Gasteiger partial charge in [0.15, 0.2) is 0 Å². The number of nitrogens with zero attached hydrogens (tertiary/aromatic N) is 7. The van der Waals surface area contributed by atoms with E-state index < -0.39 is 11.7 Å². The van der Waals surface area contributed by atoms with E-state index in [1.165, 1.54) is 12.1 Å². The Morgan fingerprint density at radius 1 is 1.03 bits per heavy atom. The second kappa shape index (κ2) is 8.86. The molecule has 1 aliphatic rings. The molecular formula is C22H20F3N7O2. The fraction of sp³-hybridized carbons (Fsp3) is 0.318. The standard InChI is InChI=1S/C22H20F3N7O2/c23-22(24,25)16-5-3-4-15(12-16)21-26-19(34-28-21)13-30-8-10-31(11-9-30)20(33)14-32-18-7-2-1-6-17(18)27-29-32/h1-7,12H,8-11,13-14H2. The molecule has 34 heavy (non-hydrogen) atoms. The van der Waals surface area contributed by atoms with Crippen LogP contribution >= 0.6 is 0 Å². The number of fused-ring (bicyclic) bond motifs is 1. The second-order valence-electron chi connectivity index (χ2n) is 7.98. The van der Waals surface area contributed by atoms with Crippen LogP contribution in [0, 0.1) is 0 Å². The van der Waals surface area contributed by atoms with Crippen LogP contribution in [0.3, 0.4) is 0 Å². The van der Waals surface area contributed by atoms with Crippen LogP contribution < -0.4 is 0 Å². The molecule has 5 rings (SSSR count). The number of benzene rings is 2. The van der Waals surface area contributed by atoms with Gasteiger partial charge in [-0.25, -0.2) is 4.68 Å². The van der Waals surface area contributed by atoms with Gasteiger partial charge in [0, 0.05) is 31.7 Å². The molecule has 0 aliphatic carbocycles. The minimum Gasteiger partial charge on any atom is -0.339 e. The van der Waals surface area contributed by atoms with Gasteiger partial charge in [-0.1, -0.05) is 34.6 Å². The number of hydrogen-bond donors (Lipinski definition) is 0. The van der Waals surface area contributed by atoms with Crippen molar-refractivity contribution in [3.8, 4) is 11.4 Å². The summed E-state index contributed by atoms with van der Waals surface area (Å²) in [5.41, 5.74) is 1.02. The summed E-state index contributed by atoms with van der Waals surface area (Å²) in [6.07, 6.45) is -4.44. The SMILES string of the molecule is O=C(Cn1nnc2ccccc21)N1CCN(Cc2nc(-c3cccc(C(F)(F)F)c3)no2)CC1. The minimum atomic E-state index is -4.44. The maximum atomic E-state index is 13.0. The van der Waals surface area contributed by atoms with Crippen LogP contribution in [0.4, 0.5) is 13.2 Å². The number of alkyl halides is 3. The van der Waals surface area contributed by atoms with Crippen LogP contribution in [0.15, 0.2) is 53.1 Å². The normalized spacial score (nSPS) is 15.2. The molecule has 0 radical (unpaired) electrons. The zero-order chi connectivity index (χ0) is 23.7. The van der Waals surface area contributed by atoms with Crippen LogP contribution in [-0.4, -0.2) is 67.0 Å². The van der Waals surface area contributed by atoms with Gasteiger partial charge in [0.2, 0.25) is 17.6 Å². The largest absolute Gasteiger partial charge is 0.416 e. The van der Waals surface area contributed by atoms with Crippen molar-refractivity contribution in [1.82, 2.24) is 34.9 Å². The summed E-state index contributed by atoms with van der Waals surface area (Å²) in [5, 5.41) is 12.0. The second-order valence-corrected chi connectivity index (χ2v) is 7.98. The first-order chi connectivity index (χ1) is 16.4. The third kappa shape index (κ3) is 4.62. The van der Waals surface area contributed by atoms with Gasteiger partial charge < -0.3 is 9.42 Å². The van der Waals surface area contributed by atoms with Crippen molar-refractivity contribution < 1.29 is 22.5 Å². The number of amides is 1. The van der Waals surface area contributed by atoms with Crippen molar-refractivity contribution >= 4 is 16.9 Å². The number of carbonyl (C=O) groups excluding carboxylic acids is 1. The Balaban J connectivity index is 1.16. The maximum Gasteiger partial charge on any atom is 0.416 e. The molecule has 1 saturated heterocycles. The first-order valence-corrected chi connectivity index (χ1v) is 10.7. The number of rotatable bonds is 5. The Kier molecular flexibility index (Phi) is 5.74. The molecule has 2 aromatic carbocycles. The number of piperazine rings is 1. The van der Waals surface area contributed by atoms with Crippen LogP contribution in [0.25, 0.3) is 22.4 Å². The molecule has 0 saturated carbocycles. The lowest BCUT2D eigenvalue weighted by Crippen LogP contribution is -2.49. The average Bonchev–Trinajstić information content (AvgIpc) is 3.47. The summed E-state index contributed by atoms with van der Waals surface area (Å²) in [6, 6.07) is 12.3. The lowest BCUT2D eigenvalue weighted by atomic mass is 10.1. The zero-order valence-electron chi connectivity index (χ0n) is 17.9. The van der Waals surface area contributed by atoms with E-state index in [1.54, 1.807) is 9.58 Å². The van der Waals surface area contributed by atoms with E-state index in [2.05, 4.69) is 25.4 Å². The molecule has 9 nitrogen and oxygen atoms in total. The molecule has 12 heteroatoms. The summed E-state index contributed by atoms with van der Waals surface area (Å²) >= 11 is 0. The van der Waals surface area contributed by atoms with Crippen molar-refractivity contribution in [1.29, 1.82) is 0 Å². The topological polar surface area (TPSA) is 93.2 Å². The van der Waals surface area contributed by atoms with Crippen LogP contribution in [0.5, 0.6) is 0 Å². The number of carbonyl (C=O) groups is 1. The molecular weight excluding hydrogens is 451 g/mol. The van der Waals surface area contributed by atoms with Crippen LogP contribution in [0.2, 0.25) is 0 Å². The lowest BCUT2D eigenvalue weighted by Gasteiger charge is -2.33. The Morgan fingerprint density at radius 2 is 1.82 bits per heavy atom. The summed E-state index contributed by atoms with van der Waals surface area (Å²) < 4.78 is 45.7. The fourth-order valence-electron chi connectivity index (χ4n) is 3.88. The third-order valence-corrected chi connectivity index (χ3v) is 5.71. The van der Waals surface area contributed by atoms with E-state index in [9.17, 15) is 18.0 Å². The third-order valence-electron chi connectivity index (χ3n) is 5.71. The van der Waals surface area contributed by atoms with Gasteiger partial charge in [0.05, 0.1) is 17.6 Å². The number of halogens is 3. The van der Waals surface area contributed by atoms with Crippen molar-refractivity contribution in [2.45, 2.75) is 19.3 Å². The molecule has 1 fully saturated rings. The molecule has 0 spiro atoms. The molecule has 0 unspecified atom stereocenters. The van der Waals surface area contributed by atoms with E-state index in [-0.39, 0.29) is 23.8 Å². The number of para-hydroxylation sites is 1. The quantitative estimate of drug-likeness (QED) is 0.442. The smallest absolute Gasteiger partial charge is 0.339 e. The summed E-state index contributed by atoms with van der Waals surface area (Å²) in [6.45, 7) is 2.72. The van der Waals surface area contributed by atoms with Gasteiger partial charge in [-0.3, -0.25) is 9.69 Å². The Bertz CT molecular complexity index is 1310. The van der Waals surface area contributed by atoms with E-state index >= 15 is 0 Å². The summed E-state index contributed by atoms with van der Waals surface area (Å²) in [4.78, 5) is 20.8. The van der Waals surface area contributed by atoms with Gasteiger partial charge in [-0.2, -0.15) is 18.2 Å². The van der Waals surface area contributed by atoms with Crippen molar-refractivity contribution in [3.63, 3.8) is 0 Å². The predicted molar refractivity (Wildman–Crippen MR) is 114 cm³/mol. The molecule has 4 aromatic rings. The highest BCUT2D eigenvalue weighted by atomic mass is 19.4. The molecule has 0 atom stereocenters. The molecule has 2 aromatic heterocycles. The van der Waals surface area contributed by atoms with Gasteiger partial charge in [-0.05, 0) is 24.3 Å². The van der Waals surface area contributed by atoms with E-state index in [1.807, 2.05) is 24.3 Å². The van der Waals surface area contributed by atoms with Gasteiger partial charge in [-0.15, -0.1) is 5.10 Å². The van der Waals surface area contributed by atoms with Gasteiger partial charge in [0.1, 0.15) is 12.1 Å². The number of hydrogen-bond acceptors (Lipinski definition) is 7. The summed E-state index contributed by atoms with van der Waals surface area (Å²) in [7, 11) is 0. The minimum absolute atomic E-state index is 0.0417. The first-order valence-electron chi connectivity index (χ1n) is 10.7. The molecule has 3 heterocycles. The molecule has 0 bridgehead atoms. The van der Waals surface area contributed by atoms with Crippen LogP contribution in [-0.2, 0) is 24.1 Å². The Hall–Kier alpha value is -3.80. The number of aromatic nitrogens is 5. The lowest BCUT2D eigenvalue weighted by molar-refractivity contribution is -0.137. The van der Waals surface area contributed by atoms with Gasteiger partial charge >= 0.3 is 6.18 Å². The highest BCUT2D eigenvalue weighted by Crippen LogP contribution is 2.31. The molecule has 1 amide bonds. The Labute approximate surface area is 191 Å². The summed E-state index contributed by atoms with van der Waals surface area (Å²) in [5.74, 6) is 0.371. The highest BCUT2D eigenvalue weighted by molar-refractivity contribution is 5.79. The average molecular weight is 471 g/mol. The van der Waals surface area contributed by atoms with Crippen molar-refractivity contribution in [3.05, 3.63) is 60.0 Å². The van der Waals surface area contributed by atoms with E-state index in [0.29, 0.717) is 38.6 Å².